The highest BCUT2D eigenvalue weighted by atomic mass is 79.9. The van der Waals surface area contributed by atoms with Gasteiger partial charge in [0.15, 0.2) is 11.6 Å². The van der Waals surface area contributed by atoms with Crippen molar-refractivity contribution in [2.45, 2.75) is 38.6 Å². The maximum absolute atomic E-state index is 14.3. The van der Waals surface area contributed by atoms with Gasteiger partial charge in [-0.2, -0.15) is 0 Å². The zero-order chi connectivity index (χ0) is 20.5. The molecule has 0 N–H and O–H groups in total. The molecule has 164 valence electrons. The number of methoxy groups -OCH3 is 1. The van der Waals surface area contributed by atoms with Crippen LogP contribution in [-0.4, -0.2) is 43.8 Å². The van der Waals surface area contributed by atoms with E-state index in [1.165, 1.54) is 63.0 Å². The molecule has 0 unspecified atom stereocenters. The number of para-hydroxylation sites is 1. The van der Waals surface area contributed by atoms with Gasteiger partial charge in [-0.05, 0) is 37.8 Å². The molecule has 2 aromatic carbocycles. The number of ether oxygens (including phenoxy) is 2. The fourth-order valence-electron chi connectivity index (χ4n) is 4.24. The van der Waals surface area contributed by atoms with Crippen LogP contribution in [0.4, 0.5) is 4.39 Å². The summed E-state index contributed by atoms with van der Waals surface area (Å²) in [4.78, 5) is 12.0. The lowest BCUT2D eigenvalue weighted by Gasteiger charge is -2.40. The molecule has 6 heteroatoms. The number of carbonyl (C=O) groups excluding carboxylic acids is 1. The number of hydrogen-bond donors (Lipinski definition) is 0. The summed E-state index contributed by atoms with van der Waals surface area (Å²) >= 11 is 0. The minimum Gasteiger partial charge on any atom is -1.00 e. The molecule has 30 heavy (non-hydrogen) atoms. The van der Waals surface area contributed by atoms with Crippen molar-refractivity contribution < 1.29 is 40.1 Å². The van der Waals surface area contributed by atoms with E-state index in [0.717, 1.165) is 30.7 Å². The van der Waals surface area contributed by atoms with Gasteiger partial charge in [-0.1, -0.05) is 42.8 Å². The predicted octanol–water partition coefficient (Wildman–Crippen LogP) is 1.98. The van der Waals surface area contributed by atoms with Crippen molar-refractivity contribution in [3.8, 4) is 5.75 Å². The lowest BCUT2D eigenvalue weighted by Crippen LogP contribution is -3.00. The molecular weight excluding hydrogens is 449 g/mol. The molecule has 1 saturated heterocycles. The third kappa shape index (κ3) is 6.54. The Labute approximate surface area is 189 Å². The quantitative estimate of drug-likeness (QED) is 0.449. The van der Waals surface area contributed by atoms with Crippen LogP contribution >= 0.6 is 0 Å². The first kappa shape index (κ1) is 24.4. The second-order valence-corrected chi connectivity index (χ2v) is 7.88. The van der Waals surface area contributed by atoms with E-state index >= 15 is 0 Å². The Morgan fingerprint density at radius 3 is 2.30 bits per heavy atom. The van der Waals surface area contributed by atoms with Crippen LogP contribution in [0.15, 0.2) is 48.5 Å². The predicted molar refractivity (Wildman–Crippen MR) is 111 cm³/mol. The molecular formula is C24H31BrFNO3. The number of hydrogen-bond acceptors (Lipinski definition) is 3. The molecule has 0 bridgehead atoms. The molecule has 4 nitrogen and oxygen atoms in total. The van der Waals surface area contributed by atoms with Crippen LogP contribution in [-0.2, 0) is 11.3 Å². The van der Waals surface area contributed by atoms with Crippen LogP contribution in [0.5, 0.6) is 5.75 Å². The van der Waals surface area contributed by atoms with E-state index in [4.69, 9.17) is 9.47 Å². The first-order valence-electron chi connectivity index (χ1n) is 10.5. The normalized spacial score (nSPS) is 15.9. The number of halogens is 2. The van der Waals surface area contributed by atoms with Gasteiger partial charge in [-0.3, -0.25) is 0 Å². The van der Waals surface area contributed by atoms with Gasteiger partial charge < -0.3 is 30.9 Å². The number of rotatable bonds is 7. The third-order valence-corrected chi connectivity index (χ3v) is 5.81. The Kier molecular flexibility index (Phi) is 9.79. The topological polar surface area (TPSA) is 35.5 Å². The monoisotopic (exact) mass is 479 g/mol. The highest BCUT2D eigenvalue weighted by Crippen LogP contribution is 2.25. The summed E-state index contributed by atoms with van der Waals surface area (Å²) < 4.78 is 25.9. The van der Waals surface area contributed by atoms with Gasteiger partial charge >= 0.3 is 5.97 Å². The molecule has 0 spiro atoms. The second kappa shape index (κ2) is 12.1. The van der Waals surface area contributed by atoms with Crippen molar-refractivity contribution in [1.82, 2.24) is 0 Å². The lowest BCUT2D eigenvalue weighted by atomic mass is 10.0. The Morgan fingerprint density at radius 1 is 0.967 bits per heavy atom. The minimum absolute atomic E-state index is 0. The summed E-state index contributed by atoms with van der Waals surface area (Å²) in [6.07, 6.45) is 6.21. The molecule has 3 rings (SSSR count). The first-order chi connectivity index (χ1) is 14.1. The van der Waals surface area contributed by atoms with Crippen molar-refractivity contribution in [3.05, 3.63) is 65.5 Å². The smallest absolute Gasteiger partial charge is 0.341 e. The summed E-state index contributed by atoms with van der Waals surface area (Å²) in [5.41, 5.74) is 1.45. The van der Waals surface area contributed by atoms with Crippen LogP contribution < -0.4 is 21.7 Å². The Hall–Kier alpha value is -1.92. The van der Waals surface area contributed by atoms with Gasteiger partial charge in [-0.25, -0.2) is 9.18 Å². The summed E-state index contributed by atoms with van der Waals surface area (Å²) in [5.74, 6) is -1.13. The molecule has 1 aliphatic heterocycles. The molecule has 0 radical (unpaired) electrons. The molecule has 0 amide bonds. The van der Waals surface area contributed by atoms with Gasteiger partial charge in [-0.15, -0.1) is 0 Å². The Balaban J connectivity index is 0.00000320. The molecule has 1 fully saturated rings. The summed E-state index contributed by atoms with van der Waals surface area (Å²) in [5, 5.41) is 0. The number of carbonyl (C=O) groups is 1. The van der Waals surface area contributed by atoms with E-state index in [1.54, 1.807) is 0 Å². The van der Waals surface area contributed by atoms with Crippen molar-refractivity contribution in [1.29, 1.82) is 0 Å². The maximum atomic E-state index is 14.3. The largest absolute Gasteiger partial charge is 1.00 e. The number of nitrogens with zero attached hydrogens (tertiary/aromatic N) is 1. The molecule has 2 aromatic rings. The van der Waals surface area contributed by atoms with Crippen molar-refractivity contribution >= 4 is 5.97 Å². The van der Waals surface area contributed by atoms with Crippen molar-refractivity contribution in [2.24, 2.45) is 0 Å². The number of esters is 1. The van der Waals surface area contributed by atoms with Gasteiger partial charge in [0.2, 0.25) is 0 Å². The fourth-order valence-corrected chi connectivity index (χ4v) is 4.24. The van der Waals surface area contributed by atoms with Gasteiger partial charge in [0.25, 0.3) is 0 Å². The summed E-state index contributed by atoms with van der Waals surface area (Å²) in [7, 11) is 1.29. The van der Waals surface area contributed by atoms with Gasteiger partial charge in [0, 0.05) is 5.56 Å². The van der Waals surface area contributed by atoms with E-state index in [2.05, 4.69) is 24.3 Å². The van der Waals surface area contributed by atoms with E-state index in [0.29, 0.717) is 6.61 Å². The van der Waals surface area contributed by atoms with Crippen LogP contribution in [0.2, 0.25) is 0 Å². The van der Waals surface area contributed by atoms with Crippen molar-refractivity contribution in [2.75, 3.05) is 33.4 Å². The SMILES string of the molecule is COC(=O)c1cccc(F)c1OCC[N+]1(Cc2ccccc2)CCCCCCC1.[Br-]. The summed E-state index contributed by atoms with van der Waals surface area (Å²) in [6.45, 7) is 4.28. The van der Waals surface area contributed by atoms with E-state index in [9.17, 15) is 9.18 Å². The number of quaternary nitrogens is 1. The second-order valence-electron chi connectivity index (χ2n) is 7.88. The zero-order valence-electron chi connectivity index (χ0n) is 17.6. The molecule has 0 aliphatic carbocycles. The van der Waals surface area contributed by atoms with Crippen LogP contribution in [0.25, 0.3) is 0 Å². The van der Waals surface area contributed by atoms with Crippen LogP contribution in [0, 0.1) is 5.82 Å². The average molecular weight is 480 g/mol. The summed E-state index contributed by atoms with van der Waals surface area (Å²) in [6, 6.07) is 14.9. The zero-order valence-corrected chi connectivity index (χ0v) is 19.2. The standard InChI is InChI=1S/C24H31FNO3.BrH/c1-28-24(27)21-13-10-14-22(25)23(21)29-18-17-26(15-8-3-2-4-9-16-26)19-20-11-6-5-7-12-20;/h5-7,10-14H,2-4,8-9,15-19H2,1H3;1H/q+1;/p-1. The average Bonchev–Trinajstić information content (AvgIpc) is 2.72. The van der Waals surface area contributed by atoms with E-state index < -0.39 is 11.8 Å². The molecule has 0 aromatic heterocycles. The lowest BCUT2D eigenvalue weighted by molar-refractivity contribution is -0.941. The Morgan fingerprint density at radius 2 is 1.63 bits per heavy atom. The Bertz CT molecular complexity index is 792. The maximum Gasteiger partial charge on any atom is 0.341 e. The van der Waals surface area contributed by atoms with E-state index in [-0.39, 0.29) is 28.3 Å². The molecule has 1 aliphatic rings. The van der Waals surface area contributed by atoms with E-state index in [1.807, 2.05) is 6.07 Å². The van der Waals surface area contributed by atoms with Crippen molar-refractivity contribution in [3.63, 3.8) is 0 Å². The first-order valence-corrected chi connectivity index (χ1v) is 10.5. The highest BCUT2D eigenvalue weighted by molar-refractivity contribution is 5.92. The minimum atomic E-state index is -0.584. The highest BCUT2D eigenvalue weighted by Gasteiger charge is 2.29. The number of likely N-dealkylation sites (tertiary alicyclic amines) is 1. The van der Waals surface area contributed by atoms with Gasteiger partial charge in [0.05, 0.1) is 20.2 Å². The van der Waals surface area contributed by atoms with Crippen LogP contribution in [0.1, 0.15) is 48.0 Å². The molecule has 0 saturated carbocycles. The van der Waals surface area contributed by atoms with Gasteiger partial charge in [0.1, 0.15) is 25.3 Å². The molecule has 1 heterocycles. The fraction of sp³-hybridized carbons (Fsp3) is 0.458. The van der Waals surface area contributed by atoms with Crippen LogP contribution in [0.3, 0.4) is 0 Å². The number of benzene rings is 2. The third-order valence-electron chi connectivity index (χ3n) is 5.81. The molecule has 0 atom stereocenters.